The van der Waals surface area contributed by atoms with Gasteiger partial charge < -0.3 is 5.11 Å². The number of hydrogen-bond acceptors (Lipinski definition) is 4. The number of benzene rings is 2. The minimum atomic E-state index is -1.11. The van der Waals surface area contributed by atoms with E-state index in [1.165, 1.54) is 16.2 Å². The van der Waals surface area contributed by atoms with Gasteiger partial charge in [0.1, 0.15) is 6.10 Å². The molecule has 0 bridgehead atoms. The van der Waals surface area contributed by atoms with E-state index in [9.17, 15) is 9.90 Å². The van der Waals surface area contributed by atoms with E-state index in [1.807, 2.05) is 53.9 Å². The number of anilines is 1. The molecule has 0 unspecified atom stereocenters. The molecule has 6 heteroatoms. The Bertz CT molecular complexity index is 867. The van der Waals surface area contributed by atoms with E-state index in [-0.39, 0.29) is 12.3 Å². The monoisotopic (exact) mass is 372 g/mol. The van der Waals surface area contributed by atoms with Crippen LogP contribution in [0, 0.1) is 0 Å². The van der Waals surface area contributed by atoms with Crippen molar-refractivity contribution in [1.82, 2.24) is 4.98 Å². The van der Waals surface area contributed by atoms with Crippen LogP contribution in [0.15, 0.2) is 60.0 Å². The summed E-state index contributed by atoms with van der Waals surface area (Å²) in [5.41, 5.74) is 2.44. The number of likely N-dealkylation sites (N-methyl/N-ethyl adjacent to an activating group) is 1. The highest BCUT2D eigenvalue weighted by atomic mass is 35.5. The van der Waals surface area contributed by atoms with Crippen molar-refractivity contribution in [2.75, 3.05) is 11.9 Å². The largest absolute Gasteiger partial charge is 0.383 e. The molecule has 1 N–H and O–H groups in total. The number of aliphatic hydroxyl groups excluding tert-OH is 1. The maximum absolute atomic E-state index is 12.5. The Morgan fingerprint density at radius 2 is 1.88 bits per heavy atom. The van der Waals surface area contributed by atoms with Crippen LogP contribution in [0.25, 0.3) is 11.3 Å². The van der Waals surface area contributed by atoms with E-state index in [4.69, 9.17) is 11.6 Å². The highest BCUT2D eigenvalue weighted by Crippen LogP contribution is 2.31. The molecule has 1 atom stereocenters. The second kappa shape index (κ2) is 7.78. The Kier molecular flexibility index (Phi) is 5.48. The molecule has 1 heterocycles. The third-order valence-corrected chi connectivity index (χ3v) is 5.06. The lowest BCUT2D eigenvalue weighted by atomic mass is 10.1. The summed E-state index contributed by atoms with van der Waals surface area (Å²) in [4.78, 5) is 18.3. The van der Waals surface area contributed by atoms with Crippen molar-refractivity contribution >= 4 is 34.0 Å². The lowest BCUT2D eigenvalue weighted by molar-refractivity contribution is -0.126. The molecule has 0 aliphatic carbocycles. The maximum atomic E-state index is 12.5. The summed E-state index contributed by atoms with van der Waals surface area (Å²) in [5.74, 6) is -0.385. The molecule has 3 rings (SSSR count). The summed E-state index contributed by atoms with van der Waals surface area (Å²) in [6, 6.07) is 16.9. The van der Waals surface area contributed by atoms with Crippen molar-refractivity contribution in [3.63, 3.8) is 0 Å². The smallest absolute Gasteiger partial charge is 0.257 e. The van der Waals surface area contributed by atoms with Gasteiger partial charge in [-0.2, -0.15) is 0 Å². The highest BCUT2D eigenvalue weighted by molar-refractivity contribution is 7.14. The van der Waals surface area contributed by atoms with Crippen molar-refractivity contribution in [3.05, 3.63) is 70.6 Å². The van der Waals surface area contributed by atoms with Gasteiger partial charge in [0.2, 0.25) is 0 Å². The number of hydrogen-bond donors (Lipinski definition) is 1. The number of amides is 1. The summed E-state index contributed by atoms with van der Waals surface area (Å²) >= 11 is 7.53. The predicted molar refractivity (Wildman–Crippen MR) is 102 cm³/mol. The first-order valence-electron chi connectivity index (χ1n) is 7.76. The zero-order valence-electron chi connectivity index (χ0n) is 13.6. The van der Waals surface area contributed by atoms with Gasteiger partial charge in [0.25, 0.3) is 5.91 Å². The Morgan fingerprint density at radius 3 is 2.60 bits per heavy atom. The summed E-state index contributed by atoms with van der Waals surface area (Å²) in [7, 11) is 1.62. The lowest BCUT2D eigenvalue weighted by Gasteiger charge is -2.18. The normalized spacial score (nSPS) is 12.0. The predicted octanol–water partition coefficient (Wildman–Crippen LogP) is 4.03. The van der Waals surface area contributed by atoms with Crippen LogP contribution in [0.1, 0.15) is 5.56 Å². The fourth-order valence-corrected chi connectivity index (χ4v) is 3.48. The Morgan fingerprint density at radius 1 is 1.20 bits per heavy atom. The number of thiazole rings is 1. The third-order valence-electron chi connectivity index (χ3n) is 3.82. The lowest BCUT2D eigenvalue weighted by Crippen LogP contribution is -2.37. The van der Waals surface area contributed by atoms with Crippen molar-refractivity contribution in [2.45, 2.75) is 12.5 Å². The molecule has 1 amide bonds. The maximum Gasteiger partial charge on any atom is 0.257 e. The minimum Gasteiger partial charge on any atom is -0.383 e. The van der Waals surface area contributed by atoms with E-state index in [2.05, 4.69) is 4.98 Å². The second-order valence-corrected chi connectivity index (χ2v) is 6.84. The Labute approximate surface area is 155 Å². The fourth-order valence-electron chi connectivity index (χ4n) is 2.45. The second-order valence-electron chi connectivity index (χ2n) is 5.60. The van der Waals surface area contributed by atoms with Crippen LogP contribution in [0.5, 0.6) is 0 Å². The van der Waals surface area contributed by atoms with Crippen LogP contribution in [-0.4, -0.2) is 29.1 Å². The molecule has 0 fully saturated rings. The van der Waals surface area contributed by atoms with Gasteiger partial charge >= 0.3 is 0 Å². The number of rotatable bonds is 5. The van der Waals surface area contributed by atoms with E-state index >= 15 is 0 Å². The number of halogens is 1. The van der Waals surface area contributed by atoms with Crippen molar-refractivity contribution < 1.29 is 9.90 Å². The Hall–Kier alpha value is -2.21. The Balaban J connectivity index is 1.73. The molecular formula is C19H17ClN2O2S. The number of nitrogens with zero attached hydrogens (tertiary/aromatic N) is 2. The van der Waals surface area contributed by atoms with Crippen molar-refractivity contribution in [1.29, 1.82) is 0 Å². The molecule has 0 aliphatic heterocycles. The molecule has 3 aromatic rings. The van der Waals surface area contributed by atoms with Crippen LogP contribution in [0.3, 0.4) is 0 Å². The third kappa shape index (κ3) is 4.07. The molecule has 1 aromatic heterocycles. The summed E-state index contributed by atoms with van der Waals surface area (Å²) in [5, 5.41) is 13.2. The van der Waals surface area contributed by atoms with E-state index in [0.29, 0.717) is 15.8 Å². The fraction of sp³-hybridized carbons (Fsp3) is 0.158. The molecule has 0 radical (unpaired) electrons. The van der Waals surface area contributed by atoms with Crippen LogP contribution >= 0.6 is 22.9 Å². The summed E-state index contributed by atoms with van der Waals surface area (Å²) in [6.45, 7) is 0. The van der Waals surface area contributed by atoms with Crippen LogP contribution < -0.4 is 4.90 Å². The van der Waals surface area contributed by atoms with Gasteiger partial charge in [-0.3, -0.25) is 9.69 Å². The molecule has 0 saturated heterocycles. The standard InChI is InChI=1S/C19H17ClN2O2S/c1-22(18(24)17(23)11-13-7-3-2-4-8-13)19-21-16(12-25-19)14-9-5-6-10-15(14)20/h2-10,12,17,23H,11H2,1H3/t17-/m0/s1. The quantitative estimate of drug-likeness (QED) is 0.735. The molecule has 0 spiro atoms. The molecule has 0 saturated carbocycles. The number of aromatic nitrogens is 1. The highest BCUT2D eigenvalue weighted by Gasteiger charge is 2.23. The van der Waals surface area contributed by atoms with Gasteiger partial charge in [-0.15, -0.1) is 11.3 Å². The minimum absolute atomic E-state index is 0.271. The number of carbonyl (C=O) groups excluding carboxylic acids is 1. The first kappa shape index (κ1) is 17.6. The van der Waals surface area contributed by atoms with Crippen LogP contribution in [-0.2, 0) is 11.2 Å². The molecule has 4 nitrogen and oxygen atoms in total. The topological polar surface area (TPSA) is 53.4 Å². The molecule has 2 aromatic carbocycles. The van der Waals surface area contributed by atoms with E-state index in [1.54, 1.807) is 13.1 Å². The molecule has 25 heavy (non-hydrogen) atoms. The number of aliphatic hydroxyl groups is 1. The summed E-state index contributed by atoms with van der Waals surface area (Å²) < 4.78 is 0. The average molecular weight is 373 g/mol. The van der Waals surface area contributed by atoms with Crippen molar-refractivity contribution in [3.8, 4) is 11.3 Å². The summed E-state index contributed by atoms with van der Waals surface area (Å²) in [6.07, 6.45) is -0.840. The van der Waals surface area contributed by atoms with E-state index < -0.39 is 6.10 Å². The first-order valence-corrected chi connectivity index (χ1v) is 9.02. The van der Waals surface area contributed by atoms with E-state index in [0.717, 1.165) is 11.1 Å². The van der Waals surface area contributed by atoms with Gasteiger partial charge in [-0.25, -0.2) is 4.98 Å². The SMILES string of the molecule is CN(C(=O)[C@@H](O)Cc1ccccc1)c1nc(-c2ccccc2Cl)cs1. The average Bonchev–Trinajstić information content (AvgIpc) is 3.11. The molecule has 0 aliphatic rings. The van der Waals surface area contributed by atoms with Gasteiger partial charge in [0.15, 0.2) is 5.13 Å². The van der Waals surface area contributed by atoms with Crippen LogP contribution in [0.4, 0.5) is 5.13 Å². The first-order chi connectivity index (χ1) is 12.1. The van der Waals surface area contributed by atoms with Gasteiger partial charge in [-0.05, 0) is 11.6 Å². The van der Waals surface area contributed by atoms with Gasteiger partial charge in [0, 0.05) is 29.4 Å². The zero-order chi connectivity index (χ0) is 17.8. The van der Waals surface area contributed by atoms with Crippen LogP contribution in [0.2, 0.25) is 5.02 Å². The molecular weight excluding hydrogens is 356 g/mol. The van der Waals surface area contributed by atoms with Gasteiger partial charge in [0.05, 0.1) is 5.69 Å². The zero-order valence-corrected chi connectivity index (χ0v) is 15.2. The van der Waals surface area contributed by atoms with Crippen molar-refractivity contribution in [2.24, 2.45) is 0 Å². The van der Waals surface area contributed by atoms with Gasteiger partial charge in [-0.1, -0.05) is 60.1 Å². The molecule has 128 valence electrons. The number of carbonyl (C=O) groups is 1.